The lowest BCUT2D eigenvalue weighted by Crippen LogP contribution is -2.61. The SMILES string of the molecule is CC/C=C\C/C=C\C/C=C\C/C=C\C/C=C\C/C=C\CCC(=O)OC1C(OCC(COC(=O)CCCCCCCC/C=C\C/C=C\C/C=C\C/C=C\CC)OC(=O)CCCCCCC/C=C\C/C=C\CCC)OC(C(=O)O)C(O)C1O. The Morgan fingerprint density at radius 2 is 0.802 bits per heavy atom. The van der Waals surface area contributed by atoms with E-state index in [0.717, 1.165) is 148 Å². The molecule has 0 radical (unpaired) electrons. The topological polar surface area (TPSA) is 175 Å². The first kappa shape index (κ1) is 73.6. The molecular weight excluding hydrogens is 1020 g/mol. The predicted molar refractivity (Wildman–Crippen MR) is 330 cm³/mol. The van der Waals surface area contributed by atoms with Gasteiger partial charge in [0.05, 0.1) is 6.61 Å². The number of carboxylic acid groups (broad SMARTS) is 1. The molecule has 1 heterocycles. The standard InChI is InChI=1S/C69H106O12/c1-4-7-10-13-16-19-22-25-27-29-31-33-35-38-40-43-46-49-52-55-61(70)77-58-60(79-62(71)56-53-50-47-44-41-37-24-21-18-15-12-9-6-3)59-78-69-67(65(74)64(73)66(81-69)68(75)76)80-63(72)57-54-51-48-45-42-39-36-34-32-30-28-26-23-20-17-14-11-8-5-2/h7-8,10-12,15-17,19-21,24-28,31-34,39,42,48,51,60,64-67,69,73-74H,4-6,9,13-14,18,22-23,29-30,35-38,40-41,43-47,49-50,52-59H2,1-3H3,(H,75,76)/b10-7-,11-8-,15-12-,19-16-,20-17-,24-21-,27-25-,28-26-,33-31-,34-32-,42-39-,51-48-. The zero-order chi connectivity index (χ0) is 58.9. The summed E-state index contributed by atoms with van der Waals surface area (Å²) < 4.78 is 28.3. The molecule has 12 nitrogen and oxygen atoms in total. The second-order valence-electron chi connectivity index (χ2n) is 20.2. The summed E-state index contributed by atoms with van der Waals surface area (Å²) in [5, 5.41) is 31.5. The molecule has 0 aromatic heterocycles. The molecule has 0 spiro atoms. The molecule has 1 aliphatic heterocycles. The number of hydrogen-bond acceptors (Lipinski definition) is 11. The molecule has 454 valence electrons. The van der Waals surface area contributed by atoms with Crippen LogP contribution in [-0.2, 0) is 42.9 Å². The lowest BCUT2D eigenvalue weighted by molar-refractivity contribution is -0.301. The van der Waals surface area contributed by atoms with Crippen molar-refractivity contribution >= 4 is 23.9 Å². The highest BCUT2D eigenvalue weighted by atomic mass is 16.7. The fourth-order valence-electron chi connectivity index (χ4n) is 8.24. The largest absolute Gasteiger partial charge is 0.479 e. The molecule has 0 aromatic rings. The first-order valence-electron chi connectivity index (χ1n) is 30.8. The average Bonchev–Trinajstić information content (AvgIpc) is 3.54. The summed E-state index contributed by atoms with van der Waals surface area (Å²) >= 11 is 0. The number of ether oxygens (including phenoxy) is 5. The third-order valence-electron chi connectivity index (χ3n) is 12.9. The number of esters is 3. The molecule has 1 rings (SSSR count). The smallest absolute Gasteiger partial charge is 0.335 e. The van der Waals surface area contributed by atoms with E-state index in [4.69, 9.17) is 23.7 Å². The van der Waals surface area contributed by atoms with Crippen LogP contribution in [0.25, 0.3) is 0 Å². The van der Waals surface area contributed by atoms with Gasteiger partial charge >= 0.3 is 23.9 Å². The normalized spacial score (nSPS) is 18.8. The Hall–Kier alpha value is -5.40. The summed E-state index contributed by atoms with van der Waals surface area (Å²) in [5.74, 6) is -3.29. The van der Waals surface area contributed by atoms with Gasteiger partial charge in [0.25, 0.3) is 0 Å². The van der Waals surface area contributed by atoms with Crippen molar-refractivity contribution in [3.05, 3.63) is 146 Å². The van der Waals surface area contributed by atoms with E-state index in [1.165, 1.54) is 0 Å². The van der Waals surface area contributed by atoms with Crippen molar-refractivity contribution in [1.29, 1.82) is 0 Å². The Balaban J connectivity index is 2.73. The molecule has 1 saturated heterocycles. The van der Waals surface area contributed by atoms with Crippen LogP contribution in [0, 0.1) is 0 Å². The zero-order valence-corrected chi connectivity index (χ0v) is 50.0. The van der Waals surface area contributed by atoms with Gasteiger partial charge in [-0.25, -0.2) is 4.79 Å². The number of hydrogen-bond donors (Lipinski definition) is 3. The van der Waals surface area contributed by atoms with Crippen LogP contribution >= 0.6 is 0 Å². The second-order valence-corrected chi connectivity index (χ2v) is 20.2. The van der Waals surface area contributed by atoms with Crippen LogP contribution in [0.1, 0.15) is 213 Å². The monoisotopic (exact) mass is 1130 g/mol. The molecule has 0 saturated carbocycles. The van der Waals surface area contributed by atoms with Gasteiger partial charge in [0.2, 0.25) is 0 Å². The molecule has 1 fully saturated rings. The van der Waals surface area contributed by atoms with E-state index in [-0.39, 0.29) is 25.9 Å². The molecule has 0 aliphatic carbocycles. The quantitative estimate of drug-likeness (QED) is 0.0228. The van der Waals surface area contributed by atoms with Crippen molar-refractivity contribution in [3.63, 3.8) is 0 Å². The van der Waals surface area contributed by atoms with E-state index < -0.39 is 67.3 Å². The van der Waals surface area contributed by atoms with Crippen molar-refractivity contribution < 1.29 is 58.2 Å². The average molecular weight is 1130 g/mol. The highest BCUT2D eigenvalue weighted by Crippen LogP contribution is 2.26. The predicted octanol–water partition coefficient (Wildman–Crippen LogP) is 16.3. The lowest BCUT2D eigenvalue weighted by Gasteiger charge is -2.40. The Morgan fingerprint density at radius 3 is 1.23 bits per heavy atom. The molecule has 6 atom stereocenters. The first-order valence-corrected chi connectivity index (χ1v) is 30.8. The Bertz CT molecular complexity index is 1960. The Kier molecular flexibility index (Phi) is 50.1. The Labute approximate surface area is 489 Å². The maximum Gasteiger partial charge on any atom is 0.335 e. The summed E-state index contributed by atoms with van der Waals surface area (Å²) in [6.45, 7) is 5.64. The van der Waals surface area contributed by atoms with Crippen LogP contribution in [0.4, 0.5) is 0 Å². The van der Waals surface area contributed by atoms with E-state index in [0.29, 0.717) is 25.7 Å². The summed E-state index contributed by atoms with van der Waals surface area (Å²) in [6, 6.07) is 0. The minimum absolute atomic E-state index is 0.0759. The summed E-state index contributed by atoms with van der Waals surface area (Å²) in [5.41, 5.74) is 0. The van der Waals surface area contributed by atoms with E-state index in [1.807, 2.05) is 18.2 Å². The zero-order valence-electron chi connectivity index (χ0n) is 50.0. The third-order valence-corrected chi connectivity index (χ3v) is 12.9. The van der Waals surface area contributed by atoms with E-state index in [1.54, 1.807) is 0 Å². The second kappa shape index (κ2) is 55.2. The number of carbonyl (C=O) groups excluding carboxylic acids is 3. The summed E-state index contributed by atoms with van der Waals surface area (Å²) in [4.78, 5) is 51.2. The van der Waals surface area contributed by atoms with Gasteiger partial charge in [-0.3, -0.25) is 14.4 Å². The van der Waals surface area contributed by atoms with Gasteiger partial charge in [-0.05, 0) is 122 Å². The van der Waals surface area contributed by atoms with Crippen molar-refractivity contribution in [2.45, 2.75) is 250 Å². The molecule has 1 aliphatic rings. The van der Waals surface area contributed by atoms with Crippen LogP contribution < -0.4 is 0 Å². The highest BCUT2D eigenvalue weighted by Gasteiger charge is 2.50. The number of unbranched alkanes of at least 4 members (excludes halogenated alkanes) is 12. The van der Waals surface area contributed by atoms with Crippen LogP contribution in [0.5, 0.6) is 0 Å². The molecular formula is C69H106O12. The number of aliphatic hydroxyl groups is 2. The van der Waals surface area contributed by atoms with Gasteiger partial charge in [0.15, 0.2) is 24.6 Å². The third kappa shape index (κ3) is 44.9. The molecule has 12 heteroatoms. The van der Waals surface area contributed by atoms with E-state index in [2.05, 4.69) is 148 Å². The number of carboxylic acids is 1. The molecule has 81 heavy (non-hydrogen) atoms. The van der Waals surface area contributed by atoms with Gasteiger partial charge in [0, 0.05) is 19.3 Å². The van der Waals surface area contributed by atoms with Gasteiger partial charge in [-0.1, -0.05) is 218 Å². The summed E-state index contributed by atoms with van der Waals surface area (Å²) in [6.07, 6.45) is 66.8. The summed E-state index contributed by atoms with van der Waals surface area (Å²) in [7, 11) is 0. The molecule has 0 bridgehead atoms. The van der Waals surface area contributed by atoms with E-state index >= 15 is 0 Å². The van der Waals surface area contributed by atoms with Gasteiger partial charge in [0.1, 0.15) is 18.8 Å². The van der Waals surface area contributed by atoms with Crippen LogP contribution in [0.2, 0.25) is 0 Å². The Morgan fingerprint density at radius 1 is 0.420 bits per heavy atom. The van der Waals surface area contributed by atoms with Crippen LogP contribution in [0.3, 0.4) is 0 Å². The van der Waals surface area contributed by atoms with Gasteiger partial charge in [-0.2, -0.15) is 0 Å². The number of rotatable bonds is 50. The fourth-order valence-corrected chi connectivity index (χ4v) is 8.24. The van der Waals surface area contributed by atoms with E-state index in [9.17, 15) is 34.5 Å². The molecule has 3 N–H and O–H groups in total. The minimum Gasteiger partial charge on any atom is -0.479 e. The lowest BCUT2D eigenvalue weighted by atomic mass is 9.98. The molecule has 0 aromatic carbocycles. The number of allylic oxidation sites excluding steroid dienone is 24. The van der Waals surface area contributed by atoms with Crippen molar-refractivity contribution in [3.8, 4) is 0 Å². The van der Waals surface area contributed by atoms with Crippen LogP contribution in [-0.4, -0.2) is 89.2 Å². The van der Waals surface area contributed by atoms with Crippen molar-refractivity contribution in [1.82, 2.24) is 0 Å². The number of aliphatic carboxylic acids is 1. The molecule has 6 unspecified atom stereocenters. The first-order chi connectivity index (χ1) is 39.6. The van der Waals surface area contributed by atoms with Crippen molar-refractivity contribution in [2.75, 3.05) is 13.2 Å². The van der Waals surface area contributed by atoms with Crippen molar-refractivity contribution in [2.24, 2.45) is 0 Å². The minimum atomic E-state index is -1.94. The maximum atomic E-state index is 13.2. The van der Waals surface area contributed by atoms with Gasteiger partial charge in [-0.15, -0.1) is 0 Å². The maximum absolute atomic E-state index is 13.2. The highest BCUT2D eigenvalue weighted by molar-refractivity contribution is 5.74. The molecule has 0 amide bonds. The van der Waals surface area contributed by atoms with Crippen LogP contribution in [0.15, 0.2) is 146 Å². The number of carbonyl (C=O) groups is 4. The van der Waals surface area contributed by atoms with Gasteiger partial charge < -0.3 is 39.0 Å². The number of aliphatic hydroxyl groups excluding tert-OH is 2. The fraction of sp³-hybridized carbons (Fsp3) is 0.594.